The minimum Gasteiger partial charge on any atom is -0.381 e. The zero-order valence-electron chi connectivity index (χ0n) is 15.8. The summed E-state index contributed by atoms with van der Waals surface area (Å²) in [5, 5.41) is 2.28. The van der Waals surface area contributed by atoms with Crippen LogP contribution in [0.15, 0.2) is 36.2 Å². The maximum atomic E-state index is 13.4. The standard InChI is InChI=1S/C22H29FN2O/c1-3-7-19(23)10-5-4-8-18-9-6-11-21-22(16-18)25(17(2)24-21)20-12-14-26-15-13-20/h5-7,9-11,16,18,20H,3-4,8,12-15H2,1-2H3/b10-5-,19-7+. The minimum atomic E-state index is -0.142. The lowest BCUT2D eigenvalue weighted by Crippen LogP contribution is -2.35. The van der Waals surface area contributed by atoms with Crippen molar-refractivity contribution in [1.29, 1.82) is 0 Å². The summed E-state index contributed by atoms with van der Waals surface area (Å²) < 4.78 is 21.3. The number of rotatable bonds is 6. The molecule has 0 N–H and O–H groups in total. The lowest BCUT2D eigenvalue weighted by Gasteiger charge is -2.25. The highest BCUT2D eigenvalue weighted by molar-refractivity contribution is 5.43. The Labute approximate surface area is 155 Å². The number of hydrogen-bond acceptors (Lipinski definition) is 2. The third-order valence-electron chi connectivity index (χ3n) is 5.04. The van der Waals surface area contributed by atoms with Gasteiger partial charge in [0, 0.05) is 19.3 Å². The number of halogens is 1. The van der Waals surface area contributed by atoms with Crippen molar-refractivity contribution in [3.63, 3.8) is 0 Å². The molecule has 1 aliphatic heterocycles. The highest BCUT2D eigenvalue weighted by atomic mass is 19.1. The molecule has 0 radical (unpaired) electrons. The maximum absolute atomic E-state index is 13.4. The van der Waals surface area contributed by atoms with Crippen LogP contribution in [0.5, 0.6) is 0 Å². The van der Waals surface area contributed by atoms with Crippen LogP contribution in [0.25, 0.3) is 12.2 Å². The molecule has 1 aromatic rings. The van der Waals surface area contributed by atoms with E-state index in [0.717, 1.165) is 56.5 Å². The molecular weight excluding hydrogens is 327 g/mol. The summed E-state index contributed by atoms with van der Waals surface area (Å²) in [6, 6.07) is 0.469. The van der Waals surface area contributed by atoms with Crippen LogP contribution in [0.1, 0.15) is 50.9 Å². The van der Waals surface area contributed by atoms with E-state index >= 15 is 0 Å². The van der Waals surface area contributed by atoms with Crippen LogP contribution in [0.4, 0.5) is 4.39 Å². The molecule has 1 aromatic heterocycles. The van der Waals surface area contributed by atoms with E-state index in [9.17, 15) is 4.39 Å². The van der Waals surface area contributed by atoms with Crippen LogP contribution in [-0.2, 0) is 4.74 Å². The number of hydrogen-bond donors (Lipinski definition) is 0. The second-order valence-corrected chi connectivity index (χ2v) is 7.00. The molecule has 1 saturated heterocycles. The molecule has 0 bridgehead atoms. The van der Waals surface area contributed by atoms with Crippen LogP contribution in [0.3, 0.4) is 0 Å². The lowest BCUT2D eigenvalue weighted by atomic mass is 10.0. The van der Waals surface area contributed by atoms with Gasteiger partial charge in [0.1, 0.15) is 11.7 Å². The fraction of sp³-hybridized carbons (Fsp3) is 0.500. The van der Waals surface area contributed by atoms with E-state index in [1.165, 1.54) is 5.35 Å². The molecule has 1 unspecified atom stereocenters. The molecule has 140 valence electrons. The van der Waals surface area contributed by atoms with Gasteiger partial charge in [-0.2, -0.15) is 0 Å². The zero-order chi connectivity index (χ0) is 18.4. The Morgan fingerprint density at radius 2 is 2.19 bits per heavy atom. The normalized spacial score (nSPS) is 21.3. The molecule has 2 aliphatic rings. The van der Waals surface area contributed by atoms with Crippen LogP contribution >= 0.6 is 0 Å². The van der Waals surface area contributed by atoms with Crippen LogP contribution in [-0.4, -0.2) is 22.8 Å². The van der Waals surface area contributed by atoms with Crippen molar-refractivity contribution in [1.82, 2.24) is 9.55 Å². The SMILES string of the molecule is CC/C=C(F)\C=C/CCC1C=CC=c2nc(C)n(C3CCOCC3)c2=C1. The summed E-state index contributed by atoms with van der Waals surface area (Å²) in [5.41, 5.74) is 0. The van der Waals surface area contributed by atoms with Gasteiger partial charge < -0.3 is 9.30 Å². The molecular formula is C22H29FN2O. The number of allylic oxidation sites excluding steroid dienone is 6. The third kappa shape index (κ3) is 4.61. The van der Waals surface area contributed by atoms with Crippen LogP contribution < -0.4 is 10.7 Å². The number of imidazole rings is 1. The van der Waals surface area contributed by atoms with Crippen molar-refractivity contribution in [2.45, 2.75) is 52.0 Å². The van der Waals surface area contributed by atoms with Gasteiger partial charge in [-0.1, -0.05) is 31.2 Å². The zero-order valence-corrected chi connectivity index (χ0v) is 15.8. The van der Waals surface area contributed by atoms with Gasteiger partial charge in [0.05, 0.1) is 10.7 Å². The fourth-order valence-electron chi connectivity index (χ4n) is 3.75. The van der Waals surface area contributed by atoms with Gasteiger partial charge >= 0.3 is 0 Å². The first-order chi connectivity index (χ1) is 12.7. The largest absolute Gasteiger partial charge is 0.381 e. The molecule has 26 heavy (non-hydrogen) atoms. The molecule has 0 aromatic carbocycles. The number of nitrogens with zero attached hydrogens (tertiary/aromatic N) is 2. The minimum absolute atomic E-state index is 0.142. The van der Waals surface area contributed by atoms with Gasteiger partial charge in [-0.25, -0.2) is 9.37 Å². The van der Waals surface area contributed by atoms with Gasteiger partial charge in [0.15, 0.2) is 0 Å². The predicted molar refractivity (Wildman–Crippen MR) is 105 cm³/mol. The Morgan fingerprint density at radius 3 is 2.96 bits per heavy atom. The molecule has 1 fully saturated rings. The molecule has 4 heteroatoms. The average molecular weight is 356 g/mol. The Bertz CT molecular complexity index is 810. The second-order valence-electron chi connectivity index (χ2n) is 7.00. The van der Waals surface area contributed by atoms with Gasteiger partial charge in [-0.15, -0.1) is 0 Å². The number of fused-ring (bicyclic) bond motifs is 1. The molecule has 2 heterocycles. The Kier molecular flexibility index (Phi) is 6.62. The predicted octanol–water partition coefficient (Wildman–Crippen LogP) is 3.89. The van der Waals surface area contributed by atoms with Crippen molar-refractivity contribution in [3.8, 4) is 0 Å². The van der Waals surface area contributed by atoms with E-state index < -0.39 is 0 Å². The van der Waals surface area contributed by atoms with E-state index in [0.29, 0.717) is 12.0 Å². The molecule has 0 amide bonds. The van der Waals surface area contributed by atoms with Gasteiger partial charge in [-0.05, 0) is 63.2 Å². The first-order valence-corrected chi connectivity index (χ1v) is 9.74. The maximum Gasteiger partial charge on any atom is 0.118 e. The summed E-state index contributed by atoms with van der Waals surface area (Å²) >= 11 is 0. The van der Waals surface area contributed by atoms with Crippen molar-refractivity contribution in [2.75, 3.05) is 13.2 Å². The van der Waals surface area contributed by atoms with Gasteiger partial charge in [0.2, 0.25) is 0 Å². The first kappa shape index (κ1) is 18.8. The van der Waals surface area contributed by atoms with E-state index in [1.54, 1.807) is 12.2 Å². The highest BCUT2D eigenvalue weighted by Gasteiger charge is 2.19. The monoisotopic (exact) mass is 356 g/mol. The van der Waals surface area contributed by atoms with Gasteiger partial charge in [0.25, 0.3) is 0 Å². The summed E-state index contributed by atoms with van der Waals surface area (Å²) in [6.45, 7) is 5.68. The smallest absolute Gasteiger partial charge is 0.118 e. The fourth-order valence-corrected chi connectivity index (χ4v) is 3.75. The quantitative estimate of drug-likeness (QED) is 0.723. The van der Waals surface area contributed by atoms with E-state index in [1.807, 2.05) is 13.0 Å². The summed E-state index contributed by atoms with van der Waals surface area (Å²) in [6.07, 6.45) is 18.5. The Morgan fingerprint density at radius 1 is 1.38 bits per heavy atom. The summed E-state index contributed by atoms with van der Waals surface area (Å²) in [7, 11) is 0. The van der Waals surface area contributed by atoms with Crippen molar-refractivity contribution in [3.05, 3.63) is 52.7 Å². The van der Waals surface area contributed by atoms with E-state index in [2.05, 4.69) is 35.8 Å². The molecule has 3 rings (SSSR count). The highest BCUT2D eigenvalue weighted by Crippen LogP contribution is 2.20. The molecule has 1 atom stereocenters. The Hall–Kier alpha value is -1.94. The van der Waals surface area contributed by atoms with Crippen molar-refractivity contribution in [2.24, 2.45) is 5.92 Å². The summed E-state index contributed by atoms with van der Waals surface area (Å²) in [4.78, 5) is 4.77. The third-order valence-corrected chi connectivity index (χ3v) is 5.04. The molecule has 0 spiro atoms. The van der Waals surface area contributed by atoms with Crippen LogP contribution in [0, 0.1) is 12.8 Å². The average Bonchev–Trinajstić information content (AvgIpc) is 2.81. The number of aryl methyl sites for hydroxylation is 1. The van der Waals surface area contributed by atoms with Crippen LogP contribution in [0.2, 0.25) is 0 Å². The topological polar surface area (TPSA) is 27.1 Å². The van der Waals surface area contributed by atoms with E-state index in [-0.39, 0.29) is 5.83 Å². The first-order valence-electron chi connectivity index (χ1n) is 9.74. The van der Waals surface area contributed by atoms with Gasteiger partial charge in [-0.3, -0.25) is 0 Å². The second kappa shape index (κ2) is 9.13. The molecule has 3 nitrogen and oxygen atoms in total. The summed E-state index contributed by atoms with van der Waals surface area (Å²) in [5.74, 6) is 1.27. The number of ether oxygens (including phenoxy) is 1. The lowest BCUT2D eigenvalue weighted by molar-refractivity contribution is 0.0683. The van der Waals surface area contributed by atoms with E-state index in [4.69, 9.17) is 9.72 Å². The Balaban J connectivity index is 1.78. The molecule has 1 aliphatic carbocycles. The number of aromatic nitrogens is 2. The van der Waals surface area contributed by atoms with Crippen molar-refractivity contribution >= 4 is 12.2 Å². The van der Waals surface area contributed by atoms with Crippen molar-refractivity contribution < 1.29 is 9.13 Å². The molecule has 0 saturated carbocycles.